The average Bonchev–Trinajstić information content (AvgIpc) is 2.20. The van der Waals surface area contributed by atoms with Crippen molar-refractivity contribution < 1.29 is 13.9 Å². The van der Waals surface area contributed by atoms with Crippen LogP contribution >= 0.6 is 0 Å². The van der Waals surface area contributed by atoms with Crippen molar-refractivity contribution >= 4 is 0 Å². The summed E-state index contributed by atoms with van der Waals surface area (Å²) >= 11 is 0. The van der Waals surface area contributed by atoms with E-state index >= 15 is 0 Å². The Morgan fingerprint density at radius 3 is 2.87 bits per heavy atom. The Balaban J connectivity index is 2.35. The number of alkyl halides is 2. The van der Waals surface area contributed by atoms with E-state index in [1.807, 2.05) is 19.1 Å². The van der Waals surface area contributed by atoms with E-state index in [2.05, 4.69) is 10.3 Å². The summed E-state index contributed by atoms with van der Waals surface area (Å²) in [5.41, 5.74) is 1.80. The van der Waals surface area contributed by atoms with Gasteiger partial charge in [-0.15, -0.1) is 0 Å². The summed E-state index contributed by atoms with van der Waals surface area (Å²) in [6.45, 7) is 2.15. The van der Waals surface area contributed by atoms with E-state index < -0.39 is 12.5 Å². The zero-order chi connectivity index (χ0) is 11.3. The molecule has 1 unspecified atom stereocenters. The molecule has 0 radical (unpaired) electrons. The topological polar surface area (TPSA) is 45.2 Å². The van der Waals surface area contributed by atoms with Crippen LogP contribution in [0.15, 0.2) is 18.3 Å². The lowest BCUT2D eigenvalue weighted by Crippen LogP contribution is -2.32. The van der Waals surface area contributed by atoms with Crippen LogP contribution in [0.3, 0.4) is 0 Å². The minimum atomic E-state index is -2.71. The lowest BCUT2D eigenvalue weighted by molar-refractivity contribution is -0.00344. The van der Waals surface area contributed by atoms with Crippen molar-refractivity contribution in [1.82, 2.24) is 10.3 Å². The summed E-state index contributed by atoms with van der Waals surface area (Å²) in [5.74, 6) is 0. The number of hydrogen-bond acceptors (Lipinski definition) is 3. The van der Waals surface area contributed by atoms with Crippen LogP contribution in [0, 0.1) is 6.92 Å². The van der Waals surface area contributed by atoms with Crippen molar-refractivity contribution in [2.24, 2.45) is 0 Å². The maximum atomic E-state index is 11.9. The van der Waals surface area contributed by atoms with Crippen LogP contribution in [0.5, 0.6) is 0 Å². The van der Waals surface area contributed by atoms with Crippen LogP contribution in [-0.4, -0.2) is 29.2 Å². The maximum absolute atomic E-state index is 11.9. The van der Waals surface area contributed by atoms with Crippen LogP contribution in [-0.2, 0) is 6.54 Å². The number of aliphatic hydroxyl groups excluding tert-OH is 1. The molecule has 0 aliphatic rings. The first kappa shape index (κ1) is 12.0. The number of nitrogens with zero attached hydrogens (tertiary/aromatic N) is 1. The fourth-order valence-electron chi connectivity index (χ4n) is 1.13. The first-order valence-electron chi connectivity index (χ1n) is 4.68. The summed E-state index contributed by atoms with van der Waals surface area (Å²) in [6.07, 6.45) is -2.68. The predicted octanol–water partition coefficient (Wildman–Crippen LogP) is 1.11. The minimum absolute atomic E-state index is 0.131. The van der Waals surface area contributed by atoms with Crippen LogP contribution < -0.4 is 5.32 Å². The molecule has 0 saturated heterocycles. The summed E-state index contributed by atoms with van der Waals surface area (Å²) in [4.78, 5) is 4.09. The van der Waals surface area contributed by atoms with E-state index in [0.717, 1.165) is 11.3 Å². The SMILES string of the molecule is Cc1cccnc1CNCC(O)C(F)F. The van der Waals surface area contributed by atoms with Gasteiger partial charge in [0.2, 0.25) is 0 Å². The van der Waals surface area contributed by atoms with Crippen molar-refractivity contribution in [2.75, 3.05) is 6.54 Å². The highest BCUT2D eigenvalue weighted by atomic mass is 19.3. The Morgan fingerprint density at radius 1 is 1.53 bits per heavy atom. The van der Waals surface area contributed by atoms with Gasteiger partial charge in [-0.2, -0.15) is 0 Å². The molecule has 1 atom stereocenters. The molecule has 84 valence electrons. The smallest absolute Gasteiger partial charge is 0.265 e. The Kier molecular flexibility index (Phi) is 4.58. The number of nitrogens with one attached hydrogen (secondary N) is 1. The van der Waals surface area contributed by atoms with Gasteiger partial charge in [-0.05, 0) is 18.6 Å². The summed E-state index contributed by atoms with van der Waals surface area (Å²) in [6, 6.07) is 3.71. The van der Waals surface area contributed by atoms with Crippen molar-refractivity contribution in [3.63, 3.8) is 0 Å². The van der Waals surface area contributed by atoms with Crippen molar-refractivity contribution in [3.8, 4) is 0 Å². The molecular weight excluding hydrogens is 202 g/mol. The second kappa shape index (κ2) is 5.72. The number of hydrogen-bond donors (Lipinski definition) is 2. The van der Waals surface area contributed by atoms with Gasteiger partial charge in [0, 0.05) is 19.3 Å². The largest absolute Gasteiger partial charge is 0.386 e. The quantitative estimate of drug-likeness (QED) is 0.774. The third-order valence-electron chi connectivity index (χ3n) is 2.05. The molecule has 5 heteroatoms. The number of halogens is 2. The van der Waals surface area contributed by atoms with Crippen molar-refractivity contribution in [3.05, 3.63) is 29.6 Å². The molecule has 0 saturated carbocycles. The van der Waals surface area contributed by atoms with Gasteiger partial charge in [0.25, 0.3) is 6.43 Å². The van der Waals surface area contributed by atoms with Gasteiger partial charge in [0.05, 0.1) is 5.69 Å². The van der Waals surface area contributed by atoms with E-state index in [9.17, 15) is 8.78 Å². The number of aliphatic hydroxyl groups is 1. The van der Waals surface area contributed by atoms with E-state index in [1.54, 1.807) is 6.20 Å². The predicted molar refractivity (Wildman–Crippen MR) is 52.7 cm³/mol. The van der Waals surface area contributed by atoms with E-state index in [-0.39, 0.29) is 6.54 Å². The zero-order valence-electron chi connectivity index (χ0n) is 8.45. The molecule has 0 spiro atoms. The highest BCUT2D eigenvalue weighted by Gasteiger charge is 2.15. The normalized spacial score (nSPS) is 13.1. The molecule has 0 aliphatic heterocycles. The molecule has 0 bridgehead atoms. The fourth-order valence-corrected chi connectivity index (χ4v) is 1.13. The lowest BCUT2D eigenvalue weighted by Gasteiger charge is -2.11. The zero-order valence-corrected chi connectivity index (χ0v) is 8.45. The van der Waals surface area contributed by atoms with Gasteiger partial charge in [0.1, 0.15) is 6.10 Å². The molecule has 0 aliphatic carbocycles. The van der Waals surface area contributed by atoms with Crippen LogP contribution in [0.25, 0.3) is 0 Å². The second-order valence-corrected chi connectivity index (χ2v) is 3.30. The molecule has 3 nitrogen and oxygen atoms in total. The highest BCUT2D eigenvalue weighted by Crippen LogP contribution is 2.03. The second-order valence-electron chi connectivity index (χ2n) is 3.30. The number of rotatable bonds is 5. The first-order valence-corrected chi connectivity index (χ1v) is 4.68. The van der Waals surface area contributed by atoms with Crippen LogP contribution in [0.1, 0.15) is 11.3 Å². The molecule has 1 aromatic rings. The molecule has 15 heavy (non-hydrogen) atoms. The summed E-state index contributed by atoms with van der Waals surface area (Å²) in [5, 5.41) is 11.6. The summed E-state index contributed by atoms with van der Waals surface area (Å²) < 4.78 is 23.9. The first-order chi connectivity index (χ1) is 7.11. The standard InChI is InChI=1S/C10H14F2N2O/c1-7-3-2-4-14-8(7)5-13-6-9(15)10(11)12/h2-4,9-10,13,15H,5-6H2,1H3. The third-order valence-corrected chi connectivity index (χ3v) is 2.05. The molecule has 2 N–H and O–H groups in total. The maximum Gasteiger partial charge on any atom is 0.265 e. The van der Waals surface area contributed by atoms with Gasteiger partial charge < -0.3 is 10.4 Å². The monoisotopic (exact) mass is 216 g/mol. The van der Waals surface area contributed by atoms with Crippen LogP contribution in [0.2, 0.25) is 0 Å². The number of aromatic nitrogens is 1. The molecule has 1 heterocycles. The molecule has 0 fully saturated rings. The van der Waals surface area contributed by atoms with Gasteiger partial charge in [-0.3, -0.25) is 4.98 Å². The molecule has 0 amide bonds. The average molecular weight is 216 g/mol. The number of pyridine rings is 1. The molecular formula is C10H14F2N2O. The highest BCUT2D eigenvalue weighted by molar-refractivity contribution is 5.17. The Morgan fingerprint density at radius 2 is 2.27 bits per heavy atom. The van der Waals surface area contributed by atoms with Gasteiger partial charge >= 0.3 is 0 Å². The number of aryl methyl sites for hydroxylation is 1. The van der Waals surface area contributed by atoms with Crippen LogP contribution in [0.4, 0.5) is 8.78 Å². The minimum Gasteiger partial charge on any atom is -0.386 e. The Labute approximate surface area is 87.2 Å². The van der Waals surface area contributed by atoms with Crippen molar-refractivity contribution in [2.45, 2.75) is 26.0 Å². The van der Waals surface area contributed by atoms with Gasteiger partial charge in [-0.25, -0.2) is 8.78 Å². The third kappa shape index (κ3) is 3.89. The molecule has 1 aromatic heterocycles. The lowest BCUT2D eigenvalue weighted by atomic mass is 10.2. The fraction of sp³-hybridized carbons (Fsp3) is 0.500. The van der Waals surface area contributed by atoms with E-state index in [4.69, 9.17) is 5.11 Å². The summed E-state index contributed by atoms with van der Waals surface area (Å²) in [7, 11) is 0. The molecule has 0 aromatic carbocycles. The Hall–Kier alpha value is -1.07. The van der Waals surface area contributed by atoms with E-state index in [1.165, 1.54) is 0 Å². The molecule has 1 rings (SSSR count). The van der Waals surface area contributed by atoms with Gasteiger partial charge in [-0.1, -0.05) is 6.07 Å². The van der Waals surface area contributed by atoms with Crippen molar-refractivity contribution in [1.29, 1.82) is 0 Å². The Bertz CT molecular complexity index is 307. The van der Waals surface area contributed by atoms with E-state index in [0.29, 0.717) is 6.54 Å². The van der Waals surface area contributed by atoms with Gasteiger partial charge in [0.15, 0.2) is 0 Å².